The van der Waals surface area contributed by atoms with Gasteiger partial charge in [-0.25, -0.2) is 0 Å². The molecule has 0 aromatic heterocycles. The molecular weight excluding hydrogens is 422 g/mol. The van der Waals surface area contributed by atoms with Crippen molar-refractivity contribution in [1.82, 2.24) is 9.96 Å². The van der Waals surface area contributed by atoms with Crippen LogP contribution in [0.4, 0.5) is 5.69 Å². The van der Waals surface area contributed by atoms with Crippen molar-refractivity contribution < 1.29 is 25.3 Å². The third-order valence-corrected chi connectivity index (χ3v) is 6.41. The van der Waals surface area contributed by atoms with E-state index in [9.17, 15) is 20.4 Å². The highest BCUT2D eigenvalue weighted by Crippen LogP contribution is 2.22. The molecular formula is C25H35N3O5. The lowest BCUT2D eigenvalue weighted by atomic mass is 9.93. The van der Waals surface area contributed by atoms with Crippen LogP contribution < -0.4 is 5.32 Å². The van der Waals surface area contributed by atoms with Crippen molar-refractivity contribution in [3.05, 3.63) is 64.7 Å². The van der Waals surface area contributed by atoms with Gasteiger partial charge < -0.3 is 25.7 Å². The van der Waals surface area contributed by atoms with Crippen molar-refractivity contribution in [1.29, 1.82) is 0 Å². The number of anilines is 1. The second-order valence-corrected chi connectivity index (χ2v) is 9.16. The molecule has 33 heavy (non-hydrogen) atoms. The van der Waals surface area contributed by atoms with Gasteiger partial charge >= 0.3 is 0 Å². The molecule has 2 aliphatic rings. The lowest BCUT2D eigenvalue weighted by Crippen LogP contribution is -2.62. The van der Waals surface area contributed by atoms with E-state index in [-0.39, 0.29) is 13.2 Å². The maximum atomic E-state index is 10.2. The largest absolute Gasteiger partial charge is 0.395 e. The van der Waals surface area contributed by atoms with E-state index in [0.717, 1.165) is 42.9 Å². The molecule has 5 N–H and O–H groups in total. The van der Waals surface area contributed by atoms with Gasteiger partial charge in [-0.15, -0.1) is 0 Å². The highest BCUT2D eigenvalue weighted by molar-refractivity contribution is 5.49. The average Bonchev–Trinajstić information content (AvgIpc) is 3.29. The lowest BCUT2D eigenvalue weighted by molar-refractivity contribution is -0.147. The van der Waals surface area contributed by atoms with Gasteiger partial charge in [0, 0.05) is 38.4 Å². The zero-order chi connectivity index (χ0) is 23.4. The van der Waals surface area contributed by atoms with E-state index in [1.807, 2.05) is 22.1 Å². The Morgan fingerprint density at radius 3 is 2.58 bits per heavy atom. The van der Waals surface area contributed by atoms with Crippen LogP contribution in [0.3, 0.4) is 0 Å². The van der Waals surface area contributed by atoms with Gasteiger partial charge in [0.2, 0.25) is 0 Å². The van der Waals surface area contributed by atoms with Gasteiger partial charge in [0.15, 0.2) is 0 Å². The van der Waals surface area contributed by atoms with Crippen molar-refractivity contribution in [2.75, 3.05) is 31.6 Å². The van der Waals surface area contributed by atoms with Gasteiger partial charge in [0.25, 0.3) is 0 Å². The van der Waals surface area contributed by atoms with Crippen LogP contribution in [-0.4, -0.2) is 81.0 Å². The van der Waals surface area contributed by atoms with Gasteiger partial charge in [-0.1, -0.05) is 30.3 Å². The summed E-state index contributed by atoms with van der Waals surface area (Å²) in [6.07, 6.45) is -2.41. The van der Waals surface area contributed by atoms with Crippen molar-refractivity contribution in [3.8, 4) is 0 Å². The van der Waals surface area contributed by atoms with E-state index in [0.29, 0.717) is 13.1 Å². The summed E-state index contributed by atoms with van der Waals surface area (Å²) in [6, 6.07) is 14.0. The van der Waals surface area contributed by atoms with Crippen molar-refractivity contribution in [3.63, 3.8) is 0 Å². The Hall–Kier alpha value is -2.04. The molecule has 4 rings (SSSR count). The summed E-state index contributed by atoms with van der Waals surface area (Å²) in [7, 11) is 0. The maximum Gasteiger partial charge on any atom is 0.109 e. The monoisotopic (exact) mass is 457 g/mol. The molecule has 4 atom stereocenters. The zero-order valence-electron chi connectivity index (χ0n) is 19.1. The molecule has 0 spiro atoms. The first-order chi connectivity index (χ1) is 15.9. The molecule has 180 valence electrons. The number of aryl methyl sites for hydroxylation is 1. The van der Waals surface area contributed by atoms with Crippen LogP contribution in [0, 0.1) is 6.92 Å². The van der Waals surface area contributed by atoms with E-state index in [4.69, 9.17) is 4.84 Å². The second-order valence-electron chi connectivity index (χ2n) is 9.16. The third kappa shape index (κ3) is 6.10. The van der Waals surface area contributed by atoms with Gasteiger partial charge in [-0.3, -0.25) is 9.74 Å². The second kappa shape index (κ2) is 10.9. The molecule has 2 heterocycles. The van der Waals surface area contributed by atoms with Crippen LogP contribution >= 0.6 is 0 Å². The number of likely N-dealkylation sites (tertiary alicyclic amines) is 1. The molecule has 2 fully saturated rings. The summed E-state index contributed by atoms with van der Waals surface area (Å²) in [5.74, 6) is 0. The van der Waals surface area contributed by atoms with Gasteiger partial charge in [-0.2, -0.15) is 5.06 Å². The zero-order valence-corrected chi connectivity index (χ0v) is 19.1. The molecule has 0 saturated carbocycles. The molecule has 2 aromatic rings. The molecule has 8 nitrogen and oxygen atoms in total. The Balaban J connectivity index is 1.39. The Bertz CT molecular complexity index is 921. The fourth-order valence-corrected chi connectivity index (χ4v) is 4.72. The number of benzene rings is 2. The number of nitrogens with one attached hydrogen (secondary N) is 1. The predicted octanol–water partition coefficient (Wildman–Crippen LogP) is 1.00. The SMILES string of the molecule is Cc1cc(CN2CCCO2)cc(NCc2cccc(CN3C[C@H](O)[C@@H](O)[C@H](O)[C@H]3CO)c2)c1. The first-order valence-corrected chi connectivity index (χ1v) is 11.6. The maximum absolute atomic E-state index is 10.2. The summed E-state index contributed by atoms with van der Waals surface area (Å²) >= 11 is 0. The van der Waals surface area contributed by atoms with Gasteiger partial charge in [0.1, 0.15) is 12.2 Å². The third-order valence-electron chi connectivity index (χ3n) is 6.41. The highest BCUT2D eigenvalue weighted by atomic mass is 16.7. The molecule has 2 aromatic carbocycles. The Morgan fingerprint density at radius 2 is 1.82 bits per heavy atom. The molecule has 0 bridgehead atoms. The summed E-state index contributed by atoms with van der Waals surface area (Å²) in [5.41, 5.74) is 5.60. The van der Waals surface area contributed by atoms with Crippen LogP contribution in [0.15, 0.2) is 42.5 Å². The summed E-state index contributed by atoms with van der Waals surface area (Å²) in [4.78, 5) is 7.45. The molecule has 2 saturated heterocycles. The van der Waals surface area contributed by atoms with Crippen molar-refractivity contribution in [2.45, 2.75) is 57.3 Å². The smallest absolute Gasteiger partial charge is 0.109 e. The summed E-state index contributed by atoms with van der Waals surface area (Å²) in [5, 5.41) is 45.4. The Labute approximate surface area is 195 Å². The van der Waals surface area contributed by atoms with Crippen LogP contribution in [0.1, 0.15) is 28.7 Å². The normalized spacial score (nSPS) is 26.6. The van der Waals surface area contributed by atoms with E-state index in [1.54, 1.807) is 0 Å². The van der Waals surface area contributed by atoms with Crippen molar-refractivity contribution >= 4 is 5.69 Å². The number of nitrogens with zero attached hydrogens (tertiary/aromatic N) is 2. The van der Waals surface area contributed by atoms with Gasteiger partial charge in [0.05, 0.1) is 25.4 Å². The van der Waals surface area contributed by atoms with Crippen molar-refractivity contribution in [2.24, 2.45) is 0 Å². The lowest BCUT2D eigenvalue weighted by Gasteiger charge is -2.43. The molecule has 0 unspecified atom stereocenters. The summed E-state index contributed by atoms with van der Waals surface area (Å²) in [6.45, 7) is 5.65. The van der Waals surface area contributed by atoms with Gasteiger partial charge in [-0.05, 0) is 47.7 Å². The quantitative estimate of drug-likeness (QED) is 0.400. The molecule has 0 amide bonds. The van der Waals surface area contributed by atoms with Crippen LogP contribution in [-0.2, 0) is 24.5 Å². The van der Waals surface area contributed by atoms with E-state index >= 15 is 0 Å². The number of hydrogen-bond donors (Lipinski definition) is 5. The number of hydrogen-bond acceptors (Lipinski definition) is 8. The highest BCUT2D eigenvalue weighted by Gasteiger charge is 2.40. The number of piperidine rings is 1. The minimum Gasteiger partial charge on any atom is -0.395 e. The first kappa shape index (κ1) is 24.1. The number of aliphatic hydroxyl groups is 4. The van der Waals surface area contributed by atoms with E-state index in [1.165, 1.54) is 11.1 Å². The molecule has 0 aliphatic carbocycles. The molecule has 2 aliphatic heterocycles. The molecule has 8 heteroatoms. The van der Waals surface area contributed by atoms with E-state index in [2.05, 4.69) is 42.6 Å². The fourth-order valence-electron chi connectivity index (χ4n) is 4.72. The predicted molar refractivity (Wildman–Crippen MR) is 125 cm³/mol. The average molecular weight is 458 g/mol. The Morgan fingerprint density at radius 1 is 1.00 bits per heavy atom. The van der Waals surface area contributed by atoms with Crippen LogP contribution in [0.25, 0.3) is 0 Å². The van der Waals surface area contributed by atoms with Crippen LogP contribution in [0.2, 0.25) is 0 Å². The number of β-amino-alcohol motifs (C(OH)–C–C–N with tert-alkyl or cyclic N) is 1. The topological polar surface area (TPSA) is 109 Å². The number of aliphatic hydroxyl groups excluding tert-OH is 4. The number of rotatable bonds is 8. The fraction of sp³-hybridized carbons (Fsp3) is 0.520. The first-order valence-electron chi connectivity index (χ1n) is 11.6. The van der Waals surface area contributed by atoms with Crippen LogP contribution in [0.5, 0.6) is 0 Å². The minimum atomic E-state index is -1.25. The molecule has 0 radical (unpaired) electrons. The number of hydroxylamine groups is 2. The minimum absolute atomic E-state index is 0.193. The summed E-state index contributed by atoms with van der Waals surface area (Å²) < 4.78 is 0. The standard InChI is InChI=1S/C25H35N3O5/c1-17-8-20(14-28-6-3-7-33-28)11-21(9-17)26-12-18-4-2-5-19(10-18)13-27-15-23(30)25(32)24(31)22(27)16-29/h2,4-5,8-11,22-26,29-32H,3,6-7,12-16H2,1H3/t22-,23+,24-,25-/m1/s1. The van der Waals surface area contributed by atoms with E-state index < -0.39 is 24.4 Å². The Kier molecular flexibility index (Phi) is 7.98.